The number of nitrogens with zero attached hydrogens (tertiary/aromatic N) is 2. The number of aryl methyl sites for hydroxylation is 1. The predicted octanol–water partition coefficient (Wildman–Crippen LogP) is 3.97. The van der Waals surface area contributed by atoms with Crippen LogP contribution in [0, 0.1) is 6.92 Å². The van der Waals surface area contributed by atoms with Gasteiger partial charge in [-0.3, -0.25) is 10.2 Å². The van der Waals surface area contributed by atoms with Crippen molar-refractivity contribution in [1.29, 1.82) is 0 Å². The van der Waals surface area contributed by atoms with Crippen molar-refractivity contribution in [2.24, 2.45) is 0 Å². The first-order valence-electron chi connectivity index (χ1n) is 6.74. The smallest absolute Gasteiger partial charge is 0.249 e. The molecule has 3 rings (SSSR count). The first kappa shape index (κ1) is 15.1. The van der Waals surface area contributed by atoms with E-state index in [-0.39, 0.29) is 5.91 Å². The first-order chi connectivity index (χ1) is 10.6. The highest BCUT2D eigenvalue weighted by molar-refractivity contribution is 9.10. The van der Waals surface area contributed by atoms with Gasteiger partial charge in [-0.15, -0.1) is 11.8 Å². The average Bonchev–Trinajstić information content (AvgIpc) is 2.90. The third-order valence-corrected chi connectivity index (χ3v) is 4.86. The molecular formula is C16H14BrN3OS. The first-order valence-corrected chi connectivity index (χ1v) is 8.52. The minimum Gasteiger partial charge on any atom is -0.272 e. The summed E-state index contributed by atoms with van der Waals surface area (Å²) in [4.78, 5) is 17.5. The molecule has 3 aromatic rings. The maximum Gasteiger partial charge on any atom is 0.249 e. The van der Waals surface area contributed by atoms with Gasteiger partial charge < -0.3 is 0 Å². The van der Waals surface area contributed by atoms with Crippen LogP contribution in [0.2, 0.25) is 0 Å². The van der Waals surface area contributed by atoms with Crippen molar-refractivity contribution >= 4 is 44.6 Å². The number of halogens is 1. The minimum absolute atomic E-state index is 0.0597. The van der Waals surface area contributed by atoms with Gasteiger partial charge in [-0.25, -0.2) is 9.66 Å². The Labute approximate surface area is 141 Å². The second-order valence-corrected chi connectivity index (χ2v) is 6.77. The van der Waals surface area contributed by atoms with E-state index in [0.29, 0.717) is 5.75 Å². The Hall–Kier alpha value is -1.79. The number of carbonyl (C=O) groups is 1. The fraction of sp³-hybridized carbons (Fsp3) is 0.125. The maximum absolute atomic E-state index is 12.1. The SMILES string of the molecule is Cc1cc(Br)ccc1SCC(=O)Nn1cnc2ccccc21. The molecule has 0 saturated heterocycles. The molecule has 0 fully saturated rings. The maximum atomic E-state index is 12.1. The van der Waals surface area contributed by atoms with E-state index >= 15 is 0 Å². The van der Waals surface area contributed by atoms with Gasteiger partial charge in [0.1, 0.15) is 6.33 Å². The molecule has 1 aromatic heterocycles. The lowest BCUT2D eigenvalue weighted by molar-refractivity contribution is -0.114. The molecule has 0 spiro atoms. The van der Waals surface area contributed by atoms with Crippen LogP contribution in [0.25, 0.3) is 11.0 Å². The zero-order valence-electron chi connectivity index (χ0n) is 11.9. The number of rotatable bonds is 4. The van der Waals surface area contributed by atoms with Gasteiger partial charge in [-0.05, 0) is 42.8 Å². The Kier molecular flexibility index (Phi) is 4.49. The summed E-state index contributed by atoms with van der Waals surface area (Å²) < 4.78 is 2.70. The summed E-state index contributed by atoms with van der Waals surface area (Å²) in [5.41, 5.74) is 5.75. The summed E-state index contributed by atoms with van der Waals surface area (Å²) in [5, 5.41) is 0. The number of thioether (sulfide) groups is 1. The summed E-state index contributed by atoms with van der Waals surface area (Å²) in [7, 11) is 0. The van der Waals surface area contributed by atoms with E-state index in [1.54, 1.807) is 11.0 Å². The molecule has 0 aliphatic carbocycles. The minimum atomic E-state index is -0.0597. The average molecular weight is 376 g/mol. The molecule has 1 amide bonds. The molecule has 0 saturated carbocycles. The fourth-order valence-electron chi connectivity index (χ4n) is 2.13. The number of hydrogen-bond acceptors (Lipinski definition) is 3. The van der Waals surface area contributed by atoms with Crippen molar-refractivity contribution in [3.05, 3.63) is 58.8 Å². The van der Waals surface area contributed by atoms with Crippen LogP contribution in [0.3, 0.4) is 0 Å². The zero-order valence-corrected chi connectivity index (χ0v) is 14.3. The molecule has 1 N–H and O–H groups in total. The van der Waals surface area contributed by atoms with Gasteiger partial charge >= 0.3 is 0 Å². The molecular weight excluding hydrogens is 362 g/mol. The molecule has 4 nitrogen and oxygen atoms in total. The number of carbonyl (C=O) groups excluding carboxylic acids is 1. The normalized spacial score (nSPS) is 10.8. The van der Waals surface area contributed by atoms with Gasteiger partial charge in [0.15, 0.2) is 0 Å². The Bertz CT molecular complexity index is 831. The highest BCUT2D eigenvalue weighted by Gasteiger charge is 2.08. The number of para-hydroxylation sites is 2. The van der Waals surface area contributed by atoms with E-state index in [9.17, 15) is 4.79 Å². The second kappa shape index (κ2) is 6.54. The molecule has 0 radical (unpaired) electrons. The summed E-state index contributed by atoms with van der Waals surface area (Å²) in [5.74, 6) is 0.296. The van der Waals surface area contributed by atoms with Gasteiger partial charge in [0, 0.05) is 9.37 Å². The number of imidazole rings is 1. The number of benzene rings is 2. The fourth-order valence-corrected chi connectivity index (χ4v) is 3.41. The van der Waals surface area contributed by atoms with Crippen molar-refractivity contribution in [2.75, 3.05) is 11.2 Å². The standard InChI is InChI=1S/C16H14BrN3OS/c1-11-8-12(17)6-7-15(11)22-9-16(21)19-20-10-18-13-4-2-3-5-14(13)20/h2-8,10H,9H2,1H3,(H,19,21). The third kappa shape index (κ3) is 3.34. The van der Waals surface area contributed by atoms with E-state index in [0.717, 1.165) is 26.0 Å². The topological polar surface area (TPSA) is 46.9 Å². The van der Waals surface area contributed by atoms with Gasteiger partial charge in [0.25, 0.3) is 0 Å². The predicted molar refractivity (Wildman–Crippen MR) is 93.7 cm³/mol. The summed E-state index contributed by atoms with van der Waals surface area (Å²) in [6, 6.07) is 13.7. The Morgan fingerprint density at radius 3 is 2.95 bits per heavy atom. The summed E-state index contributed by atoms with van der Waals surface area (Å²) in [6.07, 6.45) is 1.62. The summed E-state index contributed by atoms with van der Waals surface area (Å²) >= 11 is 4.96. The quantitative estimate of drug-likeness (QED) is 0.701. The van der Waals surface area contributed by atoms with Crippen molar-refractivity contribution in [2.45, 2.75) is 11.8 Å². The van der Waals surface area contributed by atoms with Crippen molar-refractivity contribution < 1.29 is 4.79 Å². The molecule has 0 aliphatic heterocycles. The molecule has 1 heterocycles. The zero-order chi connectivity index (χ0) is 15.5. The van der Waals surface area contributed by atoms with Crippen LogP contribution < -0.4 is 5.43 Å². The van der Waals surface area contributed by atoms with Crippen molar-refractivity contribution in [1.82, 2.24) is 9.66 Å². The number of hydrogen-bond donors (Lipinski definition) is 1. The molecule has 22 heavy (non-hydrogen) atoms. The highest BCUT2D eigenvalue weighted by Crippen LogP contribution is 2.25. The lowest BCUT2D eigenvalue weighted by Crippen LogP contribution is -2.23. The van der Waals surface area contributed by atoms with Crippen LogP contribution >= 0.6 is 27.7 Å². The van der Waals surface area contributed by atoms with E-state index < -0.39 is 0 Å². The molecule has 6 heteroatoms. The van der Waals surface area contributed by atoms with E-state index in [2.05, 4.69) is 26.3 Å². The van der Waals surface area contributed by atoms with Crippen LogP contribution in [-0.4, -0.2) is 21.3 Å². The molecule has 0 atom stereocenters. The molecule has 0 aliphatic rings. The van der Waals surface area contributed by atoms with Crippen molar-refractivity contribution in [3.63, 3.8) is 0 Å². The number of amides is 1. The lowest BCUT2D eigenvalue weighted by atomic mass is 10.2. The second-order valence-electron chi connectivity index (χ2n) is 4.84. The van der Waals surface area contributed by atoms with Crippen LogP contribution in [0.1, 0.15) is 5.56 Å². The van der Waals surface area contributed by atoms with Gasteiger partial charge in [0.2, 0.25) is 5.91 Å². The van der Waals surface area contributed by atoms with Crippen LogP contribution in [-0.2, 0) is 4.79 Å². The lowest BCUT2D eigenvalue weighted by Gasteiger charge is -2.08. The van der Waals surface area contributed by atoms with Gasteiger partial charge in [-0.1, -0.05) is 28.1 Å². The van der Waals surface area contributed by atoms with Crippen LogP contribution in [0.15, 0.2) is 58.2 Å². The molecule has 0 unspecified atom stereocenters. The van der Waals surface area contributed by atoms with Crippen LogP contribution in [0.4, 0.5) is 0 Å². The monoisotopic (exact) mass is 375 g/mol. The number of nitrogens with one attached hydrogen (secondary N) is 1. The van der Waals surface area contributed by atoms with Gasteiger partial charge in [-0.2, -0.15) is 0 Å². The highest BCUT2D eigenvalue weighted by atomic mass is 79.9. The van der Waals surface area contributed by atoms with Gasteiger partial charge in [0.05, 0.1) is 16.8 Å². The largest absolute Gasteiger partial charge is 0.272 e. The summed E-state index contributed by atoms with van der Waals surface area (Å²) in [6.45, 7) is 2.04. The number of fused-ring (bicyclic) bond motifs is 1. The third-order valence-electron chi connectivity index (χ3n) is 3.19. The number of aromatic nitrogens is 2. The Morgan fingerprint density at radius 1 is 1.32 bits per heavy atom. The Balaban J connectivity index is 1.65. The van der Waals surface area contributed by atoms with Crippen molar-refractivity contribution in [3.8, 4) is 0 Å². The molecule has 2 aromatic carbocycles. The van der Waals surface area contributed by atoms with E-state index in [4.69, 9.17) is 0 Å². The Morgan fingerprint density at radius 2 is 2.14 bits per heavy atom. The van der Waals surface area contributed by atoms with E-state index in [1.807, 2.05) is 49.4 Å². The molecule has 0 bridgehead atoms. The molecule has 112 valence electrons. The van der Waals surface area contributed by atoms with E-state index in [1.165, 1.54) is 11.8 Å². The van der Waals surface area contributed by atoms with Crippen LogP contribution in [0.5, 0.6) is 0 Å².